The zero-order chi connectivity index (χ0) is 15.3. The van der Waals surface area contributed by atoms with Gasteiger partial charge < -0.3 is 10.0 Å². The van der Waals surface area contributed by atoms with Gasteiger partial charge in [-0.15, -0.1) is 0 Å². The summed E-state index contributed by atoms with van der Waals surface area (Å²) in [5.74, 6) is 0.693. The number of hydrogen-bond donors (Lipinski definition) is 1. The highest BCUT2D eigenvalue weighted by Gasteiger charge is 2.15. The molecule has 4 heteroatoms. The molecule has 0 radical (unpaired) electrons. The molecular formula is C16H25BrClNO. The van der Waals surface area contributed by atoms with E-state index in [1.54, 1.807) is 0 Å². The van der Waals surface area contributed by atoms with Crippen LogP contribution < -0.4 is 0 Å². The standard InChI is InChI=1S/C16H25BrClNO/c1-11(2)9-12(3)19(4)8-7-16(20)14-6-5-13(17)10-15(14)18/h5-6,10-12,16,20H,7-9H2,1-4H3. The van der Waals surface area contributed by atoms with E-state index >= 15 is 0 Å². The Hall–Kier alpha value is -0.0900. The molecule has 1 aromatic rings. The summed E-state index contributed by atoms with van der Waals surface area (Å²) in [4.78, 5) is 2.30. The first kappa shape index (κ1) is 18.0. The average Bonchev–Trinajstić information content (AvgIpc) is 2.34. The molecule has 0 saturated heterocycles. The van der Waals surface area contributed by atoms with Crippen molar-refractivity contribution in [1.29, 1.82) is 0 Å². The minimum atomic E-state index is -0.510. The summed E-state index contributed by atoms with van der Waals surface area (Å²) in [7, 11) is 2.11. The van der Waals surface area contributed by atoms with Crippen molar-refractivity contribution in [2.75, 3.05) is 13.6 Å². The van der Waals surface area contributed by atoms with Crippen molar-refractivity contribution >= 4 is 27.5 Å². The summed E-state index contributed by atoms with van der Waals surface area (Å²) in [5.41, 5.74) is 0.805. The lowest BCUT2D eigenvalue weighted by molar-refractivity contribution is 0.134. The van der Waals surface area contributed by atoms with E-state index in [-0.39, 0.29) is 0 Å². The van der Waals surface area contributed by atoms with Gasteiger partial charge in [-0.05, 0) is 50.4 Å². The molecular weight excluding hydrogens is 338 g/mol. The first-order valence-electron chi connectivity index (χ1n) is 7.14. The van der Waals surface area contributed by atoms with Gasteiger partial charge in [-0.25, -0.2) is 0 Å². The number of aliphatic hydroxyl groups is 1. The molecule has 0 heterocycles. The Labute approximate surface area is 136 Å². The molecule has 0 aliphatic carbocycles. The first-order valence-corrected chi connectivity index (χ1v) is 8.31. The summed E-state index contributed by atoms with van der Waals surface area (Å²) < 4.78 is 0.932. The number of nitrogens with zero attached hydrogens (tertiary/aromatic N) is 1. The summed E-state index contributed by atoms with van der Waals surface area (Å²) in [6, 6.07) is 6.15. The maximum atomic E-state index is 10.3. The quantitative estimate of drug-likeness (QED) is 0.746. The Morgan fingerprint density at radius 2 is 1.95 bits per heavy atom. The molecule has 1 N–H and O–H groups in total. The van der Waals surface area contributed by atoms with E-state index in [1.807, 2.05) is 18.2 Å². The molecule has 1 rings (SSSR count). The SMILES string of the molecule is CC(C)CC(C)N(C)CCC(O)c1ccc(Br)cc1Cl. The lowest BCUT2D eigenvalue weighted by Gasteiger charge is -2.27. The molecule has 0 bridgehead atoms. The van der Waals surface area contributed by atoms with Crippen molar-refractivity contribution in [3.8, 4) is 0 Å². The molecule has 20 heavy (non-hydrogen) atoms. The Bertz CT molecular complexity index is 425. The smallest absolute Gasteiger partial charge is 0.0816 e. The van der Waals surface area contributed by atoms with Gasteiger partial charge in [0.25, 0.3) is 0 Å². The zero-order valence-corrected chi connectivity index (χ0v) is 15.1. The predicted molar refractivity (Wildman–Crippen MR) is 90.3 cm³/mol. The third kappa shape index (κ3) is 5.72. The molecule has 2 atom stereocenters. The van der Waals surface area contributed by atoms with Gasteiger partial charge in [0.1, 0.15) is 0 Å². The van der Waals surface area contributed by atoms with Gasteiger partial charge in [-0.1, -0.05) is 47.4 Å². The van der Waals surface area contributed by atoms with Crippen molar-refractivity contribution in [2.24, 2.45) is 5.92 Å². The topological polar surface area (TPSA) is 23.5 Å². The van der Waals surface area contributed by atoms with Crippen LogP contribution in [0.1, 0.15) is 45.3 Å². The Kier molecular flexibility index (Phi) is 7.52. The highest BCUT2D eigenvalue weighted by Crippen LogP contribution is 2.28. The highest BCUT2D eigenvalue weighted by atomic mass is 79.9. The van der Waals surface area contributed by atoms with Crippen molar-refractivity contribution in [3.05, 3.63) is 33.3 Å². The van der Waals surface area contributed by atoms with Crippen LogP contribution in [0.25, 0.3) is 0 Å². The fourth-order valence-corrected chi connectivity index (χ4v) is 3.14. The van der Waals surface area contributed by atoms with Crippen molar-refractivity contribution in [3.63, 3.8) is 0 Å². The molecule has 114 valence electrons. The maximum absolute atomic E-state index is 10.3. The van der Waals surface area contributed by atoms with Crippen LogP contribution in [0, 0.1) is 5.92 Å². The molecule has 2 unspecified atom stereocenters. The fourth-order valence-electron chi connectivity index (χ4n) is 2.34. The van der Waals surface area contributed by atoms with E-state index in [0.717, 1.165) is 16.6 Å². The highest BCUT2D eigenvalue weighted by molar-refractivity contribution is 9.10. The number of halogens is 2. The van der Waals surface area contributed by atoms with E-state index in [2.05, 4.69) is 48.6 Å². The Balaban J connectivity index is 2.52. The monoisotopic (exact) mass is 361 g/mol. The second kappa shape index (κ2) is 8.38. The molecule has 2 nitrogen and oxygen atoms in total. The van der Waals surface area contributed by atoms with Crippen LogP contribution in [-0.4, -0.2) is 29.6 Å². The summed E-state index contributed by atoms with van der Waals surface area (Å²) in [6.07, 6.45) is 1.36. The van der Waals surface area contributed by atoms with Crippen LogP contribution in [0.4, 0.5) is 0 Å². The second-order valence-electron chi connectivity index (χ2n) is 5.93. The average molecular weight is 363 g/mol. The van der Waals surface area contributed by atoms with Crippen molar-refractivity contribution in [2.45, 2.75) is 45.8 Å². The molecule has 0 amide bonds. The van der Waals surface area contributed by atoms with Crippen LogP contribution in [0.3, 0.4) is 0 Å². The lowest BCUT2D eigenvalue weighted by Crippen LogP contribution is -2.31. The third-order valence-electron chi connectivity index (χ3n) is 3.64. The van der Waals surface area contributed by atoms with Gasteiger partial charge in [0.15, 0.2) is 0 Å². The van der Waals surface area contributed by atoms with Crippen LogP contribution in [0.15, 0.2) is 22.7 Å². The van der Waals surface area contributed by atoms with Crippen LogP contribution in [0.5, 0.6) is 0 Å². The number of rotatable bonds is 7. The third-order valence-corrected chi connectivity index (χ3v) is 4.46. The van der Waals surface area contributed by atoms with E-state index in [4.69, 9.17) is 11.6 Å². The molecule has 0 spiro atoms. The predicted octanol–water partition coefficient (Wildman–Crippen LogP) is 4.89. The normalized spacial score (nSPS) is 14.8. The summed E-state index contributed by atoms with van der Waals surface area (Å²) >= 11 is 9.54. The Morgan fingerprint density at radius 3 is 2.50 bits per heavy atom. The summed E-state index contributed by atoms with van der Waals surface area (Å²) in [6.45, 7) is 7.57. The second-order valence-corrected chi connectivity index (χ2v) is 7.25. The van der Waals surface area contributed by atoms with Gasteiger partial charge in [0.05, 0.1) is 6.10 Å². The maximum Gasteiger partial charge on any atom is 0.0816 e. The zero-order valence-electron chi connectivity index (χ0n) is 12.7. The number of benzene rings is 1. The van der Waals surface area contributed by atoms with Gasteiger partial charge >= 0.3 is 0 Å². The lowest BCUT2D eigenvalue weighted by atomic mass is 10.0. The summed E-state index contributed by atoms with van der Waals surface area (Å²) in [5, 5.41) is 10.9. The van der Waals surface area contributed by atoms with E-state index in [1.165, 1.54) is 6.42 Å². The van der Waals surface area contributed by atoms with Crippen molar-refractivity contribution in [1.82, 2.24) is 4.90 Å². The van der Waals surface area contributed by atoms with E-state index < -0.39 is 6.10 Å². The number of aliphatic hydroxyl groups excluding tert-OH is 1. The molecule has 0 saturated carbocycles. The first-order chi connectivity index (χ1) is 9.31. The van der Waals surface area contributed by atoms with Gasteiger partial charge in [-0.2, -0.15) is 0 Å². The molecule has 0 aliphatic heterocycles. The molecule has 0 aliphatic rings. The Morgan fingerprint density at radius 1 is 1.30 bits per heavy atom. The largest absolute Gasteiger partial charge is 0.388 e. The minimum absolute atomic E-state index is 0.510. The van der Waals surface area contributed by atoms with Crippen molar-refractivity contribution < 1.29 is 5.11 Å². The van der Waals surface area contributed by atoms with Crippen LogP contribution in [-0.2, 0) is 0 Å². The van der Waals surface area contributed by atoms with Gasteiger partial charge in [-0.3, -0.25) is 0 Å². The fraction of sp³-hybridized carbons (Fsp3) is 0.625. The van der Waals surface area contributed by atoms with Gasteiger partial charge in [0, 0.05) is 22.1 Å². The van der Waals surface area contributed by atoms with Crippen LogP contribution in [0.2, 0.25) is 5.02 Å². The molecule has 0 aromatic heterocycles. The van der Waals surface area contributed by atoms with Gasteiger partial charge in [0.2, 0.25) is 0 Å². The van der Waals surface area contributed by atoms with E-state index in [0.29, 0.717) is 23.4 Å². The molecule has 1 aromatic carbocycles. The van der Waals surface area contributed by atoms with E-state index in [9.17, 15) is 5.11 Å². The molecule has 0 fully saturated rings. The minimum Gasteiger partial charge on any atom is -0.388 e. The van der Waals surface area contributed by atoms with Crippen LogP contribution >= 0.6 is 27.5 Å². The number of hydrogen-bond acceptors (Lipinski definition) is 2.